The van der Waals surface area contributed by atoms with Gasteiger partial charge in [-0.15, -0.1) is 0 Å². The summed E-state index contributed by atoms with van der Waals surface area (Å²) in [6, 6.07) is 11.2. The highest BCUT2D eigenvalue weighted by atomic mass is 32.2. The summed E-state index contributed by atoms with van der Waals surface area (Å²) < 4.78 is 51.3. The Balaban J connectivity index is 1.49. The predicted molar refractivity (Wildman–Crippen MR) is 97.1 cm³/mol. The lowest BCUT2D eigenvalue weighted by atomic mass is 10.2. The van der Waals surface area contributed by atoms with E-state index in [0.29, 0.717) is 23.9 Å². The van der Waals surface area contributed by atoms with E-state index in [2.05, 4.69) is 4.98 Å². The van der Waals surface area contributed by atoms with Gasteiger partial charge in [0.1, 0.15) is 22.3 Å². The van der Waals surface area contributed by atoms with Crippen LogP contribution in [-0.2, 0) is 26.2 Å². The maximum atomic E-state index is 14.0. The lowest BCUT2D eigenvalue weighted by Crippen LogP contribution is -2.41. The standard InChI is InChI=1S/C19H17FN2O5S/c20-13-6-1-4-10-17(13)28(24,25)22-11-5-8-15(22)19(23)26-12-18-21-14-7-2-3-9-16(14)27-18/h1-4,6-7,9-10,15H,5,8,11-12H2/t15-/m0/s1. The molecule has 2 heterocycles. The fourth-order valence-corrected chi connectivity index (χ4v) is 4.97. The molecule has 0 amide bonds. The van der Waals surface area contributed by atoms with E-state index < -0.39 is 32.7 Å². The van der Waals surface area contributed by atoms with Gasteiger partial charge in [0.05, 0.1) is 0 Å². The molecule has 1 aliphatic rings. The van der Waals surface area contributed by atoms with Crippen LogP contribution in [0, 0.1) is 5.82 Å². The number of aromatic nitrogens is 1. The molecule has 2 aromatic carbocycles. The molecule has 1 aromatic heterocycles. The second-order valence-electron chi connectivity index (χ2n) is 6.39. The molecule has 0 spiro atoms. The Kier molecular flexibility index (Phi) is 4.86. The quantitative estimate of drug-likeness (QED) is 0.608. The van der Waals surface area contributed by atoms with E-state index >= 15 is 0 Å². The molecule has 3 aromatic rings. The van der Waals surface area contributed by atoms with Crippen molar-refractivity contribution in [3.8, 4) is 0 Å². The van der Waals surface area contributed by atoms with Crippen LogP contribution in [0.3, 0.4) is 0 Å². The average molecular weight is 404 g/mol. The SMILES string of the molecule is O=C(OCc1nc2ccccc2o1)[C@@H]1CCCN1S(=O)(=O)c1ccccc1F. The van der Waals surface area contributed by atoms with Crippen LogP contribution in [0.15, 0.2) is 57.8 Å². The lowest BCUT2D eigenvalue weighted by molar-refractivity contribution is -0.149. The number of nitrogens with zero attached hydrogens (tertiary/aromatic N) is 2. The number of oxazole rings is 1. The molecular weight excluding hydrogens is 387 g/mol. The number of halogens is 1. The van der Waals surface area contributed by atoms with Crippen molar-refractivity contribution >= 4 is 27.1 Å². The number of carbonyl (C=O) groups excluding carboxylic acids is 1. The largest absolute Gasteiger partial charge is 0.454 e. The number of esters is 1. The molecule has 1 fully saturated rings. The molecular formula is C19H17FN2O5S. The van der Waals surface area contributed by atoms with Crippen LogP contribution in [0.25, 0.3) is 11.1 Å². The minimum atomic E-state index is -4.15. The van der Waals surface area contributed by atoms with Crippen LogP contribution >= 0.6 is 0 Å². The second-order valence-corrected chi connectivity index (χ2v) is 8.25. The van der Waals surface area contributed by atoms with Crippen molar-refractivity contribution in [2.45, 2.75) is 30.4 Å². The zero-order chi connectivity index (χ0) is 19.7. The molecule has 28 heavy (non-hydrogen) atoms. The third-order valence-corrected chi connectivity index (χ3v) is 6.52. The maximum absolute atomic E-state index is 14.0. The molecule has 0 N–H and O–H groups in total. The van der Waals surface area contributed by atoms with Crippen LogP contribution in [0.2, 0.25) is 0 Å². The number of ether oxygens (including phenoxy) is 1. The van der Waals surface area contributed by atoms with Crippen LogP contribution < -0.4 is 0 Å². The van der Waals surface area contributed by atoms with Gasteiger partial charge in [0.15, 0.2) is 12.2 Å². The van der Waals surface area contributed by atoms with Gasteiger partial charge in [-0.1, -0.05) is 24.3 Å². The molecule has 0 aliphatic carbocycles. The lowest BCUT2D eigenvalue weighted by Gasteiger charge is -2.22. The van der Waals surface area contributed by atoms with Crippen LogP contribution in [0.5, 0.6) is 0 Å². The van der Waals surface area contributed by atoms with E-state index in [1.54, 1.807) is 18.2 Å². The molecule has 9 heteroatoms. The molecule has 0 unspecified atom stereocenters. The van der Waals surface area contributed by atoms with Crippen molar-refractivity contribution in [3.63, 3.8) is 0 Å². The summed E-state index contributed by atoms with van der Waals surface area (Å²) in [5.74, 6) is -1.34. The molecule has 1 aliphatic heterocycles. The summed E-state index contributed by atoms with van der Waals surface area (Å²) in [4.78, 5) is 16.3. The van der Waals surface area contributed by atoms with Gasteiger partial charge in [-0.25, -0.2) is 17.8 Å². The Labute approximate surface area is 160 Å². The summed E-state index contributed by atoms with van der Waals surface area (Å²) >= 11 is 0. The van der Waals surface area contributed by atoms with Crippen molar-refractivity contribution in [1.82, 2.24) is 9.29 Å². The Morgan fingerprint density at radius 3 is 2.75 bits per heavy atom. The molecule has 1 saturated heterocycles. The topological polar surface area (TPSA) is 89.7 Å². The van der Waals surface area contributed by atoms with Crippen molar-refractivity contribution < 1.29 is 26.8 Å². The molecule has 0 radical (unpaired) electrons. The number of benzene rings is 2. The Morgan fingerprint density at radius 1 is 1.21 bits per heavy atom. The van der Waals surface area contributed by atoms with E-state index in [9.17, 15) is 17.6 Å². The average Bonchev–Trinajstić information content (AvgIpc) is 3.33. The van der Waals surface area contributed by atoms with Crippen molar-refractivity contribution in [2.24, 2.45) is 0 Å². The summed E-state index contributed by atoms with van der Waals surface area (Å²) in [7, 11) is -4.15. The van der Waals surface area contributed by atoms with Crippen molar-refractivity contribution in [3.05, 3.63) is 60.2 Å². The Bertz CT molecular complexity index is 1100. The third kappa shape index (κ3) is 3.38. The number of carbonyl (C=O) groups is 1. The van der Waals surface area contributed by atoms with Gasteiger partial charge in [-0.05, 0) is 37.1 Å². The van der Waals surface area contributed by atoms with Gasteiger partial charge in [0, 0.05) is 6.54 Å². The maximum Gasteiger partial charge on any atom is 0.324 e. The van der Waals surface area contributed by atoms with E-state index in [1.807, 2.05) is 6.07 Å². The van der Waals surface area contributed by atoms with Gasteiger partial charge < -0.3 is 9.15 Å². The van der Waals surface area contributed by atoms with Gasteiger partial charge in [-0.3, -0.25) is 4.79 Å². The van der Waals surface area contributed by atoms with Crippen molar-refractivity contribution in [1.29, 1.82) is 0 Å². The third-order valence-electron chi connectivity index (χ3n) is 4.58. The van der Waals surface area contributed by atoms with E-state index in [4.69, 9.17) is 9.15 Å². The number of sulfonamides is 1. The Hall–Kier alpha value is -2.78. The van der Waals surface area contributed by atoms with Crippen molar-refractivity contribution in [2.75, 3.05) is 6.54 Å². The highest BCUT2D eigenvalue weighted by molar-refractivity contribution is 7.89. The molecule has 146 valence electrons. The number of para-hydroxylation sites is 2. The number of hydrogen-bond acceptors (Lipinski definition) is 6. The summed E-state index contributed by atoms with van der Waals surface area (Å²) in [6.45, 7) is -0.0864. The minimum Gasteiger partial charge on any atom is -0.454 e. The van der Waals surface area contributed by atoms with Gasteiger partial charge in [-0.2, -0.15) is 4.31 Å². The van der Waals surface area contributed by atoms with Gasteiger partial charge >= 0.3 is 5.97 Å². The molecule has 4 rings (SSSR count). The first-order valence-corrected chi connectivity index (χ1v) is 10.2. The first-order chi connectivity index (χ1) is 13.5. The highest BCUT2D eigenvalue weighted by Crippen LogP contribution is 2.28. The molecule has 7 nitrogen and oxygen atoms in total. The number of hydrogen-bond donors (Lipinski definition) is 0. The van der Waals surface area contributed by atoms with Crippen LogP contribution in [0.1, 0.15) is 18.7 Å². The highest BCUT2D eigenvalue weighted by Gasteiger charge is 2.41. The van der Waals surface area contributed by atoms with Gasteiger partial charge in [0.2, 0.25) is 15.9 Å². The molecule has 0 bridgehead atoms. The Morgan fingerprint density at radius 2 is 1.96 bits per heavy atom. The molecule has 0 saturated carbocycles. The predicted octanol–water partition coefficient (Wildman–Crippen LogP) is 2.86. The normalized spacial score (nSPS) is 17.8. The fraction of sp³-hybridized carbons (Fsp3) is 0.263. The first kappa shape index (κ1) is 18.6. The second kappa shape index (κ2) is 7.33. The zero-order valence-electron chi connectivity index (χ0n) is 14.7. The number of rotatable bonds is 5. The molecule has 1 atom stereocenters. The van der Waals surface area contributed by atoms with E-state index in [0.717, 1.165) is 10.4 Å². The first-order valence-electron chi connectivity index (χ1n) is 8.74. The minimum absolute atomic E-state index is 0.124. The smallest absolute Gasteiger partial charge is 0.324 e. The summed E-state index contributed by atoms with van der Waals surface area (Å²) in [5.41, 5.74) is 1.20. The van der Waals surface area contributed by atoms with Gasteiger partial charge in [0.25, 0.3) is 0 Å². The zero-order valence-corrected chi connectivity index (χ0v) is 15.6. The summed E-state index contributed by atoms with van der Waals surface area (Å²) in [6.07, 6.45) is 0.788. The fourth-order valence-electron chi connectivity index (χ4n) is 3.25. The van der Waals surface area contributed by atoms with Crippen LogP contribution in [0.4, 0.5) is 4.39 Å². The number of fused-ring (bicyclic) bond motifs is 1. The van der Waals surface area contributed by atoms with E-state index in [1.165, 1.54) is 18.2 Å². The van der Waals surface area contributed by atoms with E-state index in [-0.39, 0.29) is 19.0 Å². The summed E-state index contributed by atoms with van der Waals surface area (Å²) in [5, 5.41) is 0. The monoisotopic (exact) mass is 404 g/mol. The van der Waals surface area contributed by atoms with Crippen LogP contribution in [-0.4, -0.2) is 36.3 Å².